The largest absolute Gasteiger partial charge is 0.480 e. The number of primary amides is 1. The van der Waals surface area contributed by atoms with Crippen molar-refractivity contribution in [1.82, 2.24) is 10.6 Å². The van der Waals surface area contributed by atoms with Gasteiger partial charge < -0.3 is 21.5 Å². The fraction of sp³-hybridized carbons (Fsp3) is 0.769. The van der Waals surface area contributed by atoms with Gasteiger partial charge in [-0.2, -0.15) is 0 Å². The van der Waals surface area contributed by atoms with Gasteiger partial charge in [0.2, 0.25) is 5.91 Å². The minimum atomic E-state index is -1.17. The molecule has 0 heterocycles. The summed E-state index contributed by atoms with van der Waals surface area (Å²) in [6.07, 6.45) is 3.27. The van der Waals surface area contributed by atoms with Crippen LogP contribution in [-0.2, 0) is 9.59 Å². The summed E-state index contributed by atoms with van der Waals surface area (Å²) in [6.45, 7) is 2.74. The molecule has 0 bridgehead atoms. The average molecular weight is 285 g/mol. The van der Waals surface area contributed by atoms with E-state index in [1.165, 1.54) is 6.42 Å². The van der Waals surface area contributed by atoms with Crippen LogP contribution in [0.3, 0.4) is 0 Å². The van der Waals surface area contributed by atoms with E-state index in [9.17, 15) is 14.4 Å². The van der Waals surface area contributed by atoms with Crippen LogP contribution in [-0.4, -0.2) is 35.6 Å². The Morgan fingerprint density at radius 3 is 2.55 bits per heavy atom. The molecule has 7 nitrogen and oxygen atoms in total. The summed E-state index contributed by atoms with van der Waals surface area (Å²) in [4.78, 5) is 33.2. The van der Waals surface area contributed by atoms with Crippen LogP contribution in [0, 0.1) is 11.8 Å². The van der Waals surface area contributed by atoms with Crippen molar-refractivity contribution in [3.8, 4) is 0 Å². The highest BCUT2D eigenvalue weighted by molar-refractivity contribution is 5.83. The van der Waals surface area contributed by atoms with Crippen LogP contribution in [0.4, 0.5) is 4.79 Å². The van der Waals surface area contributed by atoms with Gasteiger partial charge in [-0.1, -0.05) is 13.3 Å². The average Bonchev–Trinajstić information content (AvgIpc) is 2.77. The van der Waals surface area contributed by atoms with E-state index >= 15 is 0 Å². The molecule has 1 aliphatic carbocycles. The molecule has 0 aromatic carbocycles. The molecule has 3 unspecified atom stereocenters. The molecule has 7 heteroatoms. The van der Waals surface area contributed by atoms with Crippen molar-refractivity contribution >= 4 is 17.9 Å². The van der Waals surface area contributed by atoms with Gasteiger partial charge in [0.15, 0.2) is 0 Å². The molecule has 0 aromatic rings. The van der Waals surface area contributed by atoms with Gasteiger partial charge in [0.25, 0.3) is 0 Å². The SMILES string of the molecule is CC1CCC(CNC(=O)NC(CCC(N)=O)C(=O)O)C1. The van der Waals surface area contributed by atoms with E-state index in [0.717, 1.165) is 12.8 Å². The fourth-order valence-corrected chi connectivity index (χ4v) is 2.50. The normalized spacial score (nSPS) is 23.1. The smallest absolute Gasteiger partial charge is 0.326 e. The number of urea groups is 1. The van der Waals surface area contributed by atoms with E-state index in [0.29, 0.717) is 18.4 Å². The summed E-state index contributed by atoms with van der Waals surface area (Å²) in [7, 11) is 0. The third-order valence-electron chi connectivity index (χ3n) is 3.64. The predicted octanol–water partition coefficient (Wildman–Crippen LogP) is 0.441. The van der Waals surface area contributed by atoms with Crippen LogP contribution >= 0.6 is 0 Å². The lowest BCUT2D eigenvalue weighted by Gasteiger charge is -2.16. The van der Waals surface area contributed by atoms with Crippen molar-refractivity contribution in [3.63, 3.8) is 0 Å². The number of hydrogen-bond acceptors (Lipinski definition) is 3. The molecule has 1 fully saturated rings. The second-order valence-electron chi connectivity index (χ2n) is 5.53. The Morgan fingerprint density at radius 1 is 1.35 bits per heavy atom. The molecule has 0 aromatic heterocycles. The number of rotatable bonds is 7. The van der Waals surface area contributed by atoms with Crippen molar-refractivity contribution in [2.75, 3.05) is 6.54 Å². The van der Waals surface area contributed by atoms with Crippen molar-refractivity contribution < 1.29 is 19.5 Å². The van der Waals surface area contributed by atoms with Gasteiger partial charge in [0.1, 0.15) is 6.04 Å². The van der Waals surface area contributed by atoms with Crippen LogP contribution in [0.2, 0.25) is 0 Å². The highest BCUT2D eigenvalue weighted by Gasteiger charge is 2.23. The van der Waals surface area contributed by atoms with Gasteiger partial charge in [0.05, 0.1) is 0 Å². The molecule has 0 saturated heterocycles. The number of hydrogen-bond donors (Lipinski definition) is 4. The second kappa shape index (κ2) is 7.72. The molecule has 114 valence electrons. The highest BCUT2D eigenvalue weighted by Crippen LogP contribution is 2.29. The number of carbonyl (C=O) groups excluding carboxylic acids is 2. The van der Waals surface area contributed by atoms with Gasteiger partial charge >= 0.3 is 12.0 Å². The van der Waals surface area contributed by atoms with Gasteiger partial charge in [-0.25, -0.2) is 9.59 Å². The van der Waals surface area contributed by atoms with E-state index in [1.54, 1.807) is 0 Å². The molecule has 1 rings (SSSR count). The first kappa shape index (κ1) is 16.3. The Hall–Kier alpha value is -1.79. The van der Waals surface area contributed by atoms with Gasteiger partial charge in [-0.3, -0.25) is 4.79 Å². The van der Waals surface area contributed by atoms with Crippen molar-refractivity contribution in [2.24, 2.45) is 17.6 Å². The summed E-state index contributed by atoms with van der Waals surface area (Å²) < 4.78 is 0. The number of carboxylic acid groups (broad SMARTS) is 1. The van der Waals surface area contributed by atoms with E-state index in [1.807, 2.05) is 0 Å². The monoisotopic (exact) mass is 285 g/mol. The zero-order valence-electron chi connectivity index (χ0n) is 11.7. The molecular weight excluding hydrogens is 262 g/mol. The standard InChI is InChI=1S/C13H23N3O4/c1-8-2-3-9(6-8)7-15-13(20)16-10(12(18)19)4-5-11(14)17/h8-10H,2-7H2,1H3,(H2,14,17)(H,18,19)(H2,15,16,20). The molecule has 1 saturated carbocycles. The Bertz CT molecular complexity index is 373. The summed E-state index contributed by atoms with van der Waals surface area (Å²) in [5.41, 5.74) is 4.97. The first-order chi connectivity index (χ1) is 9.38. The number of nitrogens with one attached hydrogen (secondary N) is 2. The van der Waals surface area contributed by atoms with Gasteiger partial charge in [-0.15, -0.1) is 0 Å². The number of amides is 3. The van der Waals surface area contributed by atoms with E-state index < -0.39 is 23.9 Å². The number of carboxylic acids is 1. The van der Waals surface area contributed by atoms with Crippen LogP contribution in [0.15, 0.2) is 0 Å². The molecular formula is C13H23N3O4. The molecule has 0 radical (unpaired) electrons. The third kappa shape index (κ3) is 5.90. The van der Waals surface area contributed by atoms with Crippen LogP contribution < -0.4 is 16.4 Å². The zero-order chi connectivity index (χ0) is 15.1. The summed E-state index contributed by atoms with van der Waals surface area (Å²) in [5, 5.41) is 14.0. The quantitative estimate of drug-likeness (QED) is 0.542. The van der Waals surface area contributed by atoms with Crippen molar-refractivity contribution in [1.29, 1.82) is 0 Å². The van der Waals surface area contributed by atoms with E-state index in [4.69, 9.17) is 10.8 Å². The minimum Gasteiger partial charge on any atom is -0.480 e. The van der Waals surface area contributed by atoms with Crippen LogP contribution in [0.1, 0.15) is 39.0 Å². The maximum absolute atomic E-state index is 11.6. The molecule has 3 atom stereocenters. The zero-order valence-corrected chi connectivity index (χ0v) is 11.7. The van der Waals surface area contributed by atoms with E-state index in [2.05, 4.69) is 17.6 Å². The Kier molecular flexibility index (Phi) is 6.27. The molecule has 0 spiro atoms. The lowest BCUT2D eigenvalue weighted by atomic mass is 10.1. The summed E-state index contributed by atoms with van der Waals surface area (Å²) >= 11 is 0. The molecule has 20 heavy (non-hydrogen) atoms. The number of aliphatic carboxylic acids is 1. The molecule has 1 aliphatic rings. The summed E-state index contributed by atoms with van der Waals surface area (Å²) in [5.74, 6) is -0.605. The van der Waals surface area contributed by atoms with Crippen LogP contribution in [0.25, 0.3) is 0 Å². The lowest BCUT2D eigenvalue weighted by Crippen LogP contribution is -2.47. The number of carbonyl (C=O) groups is 3. The van der Waals surface area contributed by atoms with Crippen molar-refractivity contribution in [3.05, 3.63) is 0 Å². The Labute approximate surface area is 118 Å². The maximum Gasteiger partial charge on any atom is 0.326 e. The maximum atomic E-state index is 11.6. The summed E-state index contributed by atoms with van der Waals surface area (Å²) in [6, 6.07) is -1.61. The molecule has 0 aliphatic heterocycles. The van der Waals surface area contributed by atoms with Gasteiger partial charge in [0, 0.05) is 13.0 Å². The topological polar surface area (TPSA) is 122 Å². The molecule has 3 amide bonds. The minimum absolute atomic E-state index is 0.00144. The number of nitrogens with two attached hydrogens (primary N) is 1. The van der Waals surface area contributed by atoms with Gasteiger partial charge in [-0.05, 0) is 31.1 Å². The van der Waals surface area contributed by atoms with Crippen molar-refractivity contribution in [2.45, 2.75) is 45.1 Å². The lowest BCUT2D eigenvalue weighted by molar-refractivity contribution is -0.139. The molecule has 5 N–H and O–H groups in total. The first-order valence-electron chi connectivity index (χ1n) is 6.94. The van der Waals surface area contributed by atoms with E-state index in [-0.39, 0.29) is 12.8 Å². The second-order valence-corrected chi connectivity index (χ2v) is 5.53. The third-order valence-corrected chi connectivity index (χ3v) is 3.64. The van der Waals surface area contributed by atoms with Crippen LogP contribution in [0.5, 0.6) is 0 Å². The highest BCUT2D eigenvalue weighted by atomic mass is 16.4. The Balaban J connectivity index is 2.30. The first-order valence-corrected chi connectivity index (χ1v) is 6.94. The fourth-order valence-electron chi connectivity index (χ4n) is 2.50. The Morgan fingerprint density at radius 2 is 2.05 bits per heavy atom. The predicted molar refractivity (Wildman–Crippen MR) is 72.9 cm³/mol.